The quantitative estimate of drug-likeness (QED) is 0.274. The number of alkyl halides is 2. The number of H-pyrrole nitrogens is 1. The molecule has 1 saturated carbocycles. The number of aromatic nitrogens is 6. The molecule has 216 valence electrons. The zero-order valence-corrected chi connectivity index (χ0v) is 23.2. The Labute approximate surface area is 240 Å². The number of nitrogens with zero attached hydrogens (tertiary/aromatic N) is 6. The third kappa shape index (κ3) is 5.65. The molecule has 3 aromatic carbocycles. The number of aryl methyl sites for hydroxylation is 1. The van der Waals surface area contributed by atoms with Crippen molar-refractivity contribution in [1.29, 1.82) is 0 Å². The second kappa shape index (κ2) is 11.2. The number of anilines is 1. The number of aromatic amines is 1. The molecule has 10 nitrogen and oxygen atoms in total. The first-order valence-electron chi connectivity index (χ1n) is 13.7. The molecule has 0 spiro atoms. The molecule has 0 saturated heterocycles. The summed E-state index contributed by atoms with van der Waals surface area (Å²) in [5.41, 5.74) is 5.91. The third-order valence-corrected chi connectivity index (χ3v) is 7.82. The van der Waals surface area contributed by atoms with Crippen LogP contribution in [0.4, 0.5) is 20.4 Å². The van der Waals surface area contributed by atoms with E-state index < -0.39 is 5.92 Å². The Morgan fingerprint density at radius 2 is 1.81 bits per heavy atom. The predicted molar refractivity (Wildman–Crippen MR) is 153 cm³/mol. The first-order chi connectivity index (χ1) is 20.3. The van der Waals surface area contributed by atoms with Gasteiger partial charge in [-0.25, -0.2) is 18.9 Å². The van der Waals surface area contributed by atoms with Crippen LogP contribution in [-0.4, -0.2) is 48.7 Å². The summed E-state index contributed by atoms with van der Waals surface area (Å²) in [6.45, 7) is 0.492. The molecule has 0 unspecified atom stereocenters. The standard InChI is InChI=1S/C30H30F2N8O2/c1-39-25-12-11-24(42-2)17-26(25)40(18-19-3-5-22(6-4-19)27(41)34-28-35-37-38-36-28)29(39)33-23-9-7-20(8-10-23)21-13-15-30(31,32)16-14-21/h3-12,17,21H,13-16,18H2,1-2H3,(H2,34,35,36,37,38,41). The van der Waals surface area contributed by atoms with Crippen LogP contribution in [-0.2, 0) is 13.6 Å². The fourth-order valence-electron chi connectivity index (χ4n) is 5.46. The number of rotatable bonds is 7. The smallest absolute Gasteiger partial charge is 0.258 e. The molecule has 1 aliphatic carbocycles. The van der Waals surface area contributed by atoms with Crippen LogP contribution < -0.4 is 15.7 Å². The van der Waals surface area contributed by atoms with Crippen LogP contribution in [0.1, 0.15) is 53.1 Å². The van der Waals surface area contributed by atoms with Crippen molar-refractivity contribution in [2.45, 2.75) is 44.1 Å². The van der Waals surface area contributed by atoms with Crippen LogP contribution in [0.5, 0.6) is 5.75 Å². The lowest BCUT2D eigenvalue weighted by Gasteiger charge is -2.28. The summed E-state index contributed by atoms with van der Waals surface area (Å²) in [5.74, 6) is -1.83. The number of methoxy groups -OCH3 is 1. The van der Waals surface area contributed by atoms with Crippen LogP contribution in [0, 0.1) is 0 Å². The number of fused-ring (bicyclic) bond motifs is 1. The summed E-state index contributed by atoms with van der Waals surface area (Å²) >= 11 is 0. The number of nitrogens with one attached hydrogen (secondary N) is 2. The molecule has 0 bridgehead atoms. The SMILES string of the molecule is COc1ccc2c(c1)n(Cc1ccc(C(=O)Nc3nnn[nH]3)cc1)c(=Nc1ccc(C3CCC(F)(F)CC3)cc1)n2C. The summed E-state index contributed by atoms with van der Waals surface area (Å²) in [5, 5.41) is 15.7. The summed E-state index contributed by atoms with van der Waals surface area (Å²) in [6.07, 6.45) is 0.861. The first-order valence-corrected chi connectivity index (χ1v) is 13.7. The fraction of sp³-hybridized carbons (Fsp3) is 0.300. The number of hydrogen-bond acceptors (Lipinski definition) is 6. The average molecular weight is 573 g/mol. The highest BCUT2D eigenvalue weighted by Crippen LogP contribution is 2.41. The van der Waals surface area contributed by atoms with Gasteiger partial charge in [0, 0.05) is 31.5 Å². The van der Waals surface area contributed by atoms with Gasteiger partial charge in [-0.1, -0.05) is 29.4 Å². The maximum atomic E-state index is 13.6. The van der Waals surface area contributed by atoms with Gasteiger partial charge >= 0.3 is 0 Å². The van der Waals surface area contributed by atoms with E-state index in [1.54, 1.807) is 19.2 Å². The zero-order chi connectivity index (χ0) is 29.3. The number of carbonyl (C=O) groups excluding carboxylic acids is 1. The average Bonchev–Trinajstić information content (AvgIpc) is 3.60. The van der Waals surface area contributed by atoms with Gasteiger partial charge < -0.3 is 13.9 Å². The molecule has 2 aromatic heterocycles. The van der Waals surface area contributed by atoms with Crippen molar-refractivity contribution >= 4 is 28.6 Å². The molecule has 1 aliphatic rings. The second-order valence-corrected chi connectivity index (χ2v) is 10.5. The van der Waals surface area contributed by atoms with E-state index in [9.17, 15) is 13.6 Å². The first kappa shape index (κ1) is 27.3. The molecule has 12 heteroatoms. The minimum absolute atomic E-state index is 0.0617. The van der Waals surface area contributed by atoms with Crippen molar-refractivity contribution in [3.63, 3.8) is 0 Å². The van der Waals surface area contributed by atoms with Crippen molar-refractivity contribution < 1.29 is 18.3 Å². The van der Waals surface area contributed by atoms with Crippen molar-refractivity contribution in [3.8, 4) is 5.75 Å². The van der Waals surface area contributed by atoms with Crippen LogP contribution >= 0.6 is 0 Å². The molecular weight excluding hydrogens is 542 g/mol. The van der Waals surface area contributed by atoms with E-state index in [2.05, 4.69) is 30.5 Å². The Morgan fingerprint density at radius 1 is 1.07 bits per heavy atom. The lowest BCUT2D eigenvalue weighted by Crippen LogP contribution is -2.24. The van der Waals surface area contributed by atoms with Crippen molar-refractivity contribution in [1.82, 2.24) is 29.8 Å². The lowest BCUT2D eigenvalue weighted by atomic mass is 9.82. The number of halogens is 2. The van der Waals surface area contributed by atoms with Crippen LogP contribution in [0.2, 0.25) is 0 Å². The Bertz CT molecular complexity index is 1770. The monoisotopic (exact) mass is 572 g/mol. The minimum atomic E-state index is -2.54. The summed E-state index contributed by atoms with van der Waals surface area (Å²) in [7, 11) is 3.60. The maximum absolute atomic E-state index is 13.6. The lowest BCUT2D eigenvalue weighted by molar-refractivity contribution is -0.0382. The van der Waals surface area contributed by atoms with Crippen molar-refractivity contribution in [2.75, 3.05) is 12.4 Å². The fourth-order valence-corrected chi connectivity index (χ4v) is 5.46. The molecule has 42 heavy (non-hydrogen) atoms. The van der Waals surface area contributed by atoms with Gasteiger partial charge in [-0.15, -0.1) is 0 Å². The Balaban J connectivity index is 1.31. The van der Waals surface area contributed by atoms with E-state index in [0.29, 0.717) is 24.9 Å². The van der Waals surface area contributed by atoms with Gasteiger partial charge in [0.1, 0.15) is 5.75 Å². The highest BCUT2D eigenvalue weighted by atomic mass is 19.3. The normalized spacial score (nSPS) is 15.7. The largest absolute Gasteiger partial charge is 0.497 e. The van der Waals surface area contributed by atoms with Gasteiger partial charge in [0.25, 0.3) is 5.91 Å². The number of carbonyl (C=O) groups is 1. The van der Waals surface area contributed by atoms with Crippen LogP contribution in [0.15, 0.2) is 71.7 Å². The van der Waals surface area contributed by atoms with Gasteiger partial charge in [0.05, 0.1) is 30.4 Å². The molecule has 1 fully saturated rings. The molecule has 0 atom stereocenters. The van der Waals surface area contributed by atoms with E-state index in [-0.39, 0.29) is 30.6 Å². The highest BCUT2D eigenvalue weighted by molar-refractivity contribution is 6.03. The Kier molecular flexibility index (Phi) is 7.27. The van der Waals surface area contributed by atoms with Gasteiger partial charge in [-0.3, -0.25) is 10.1 Å². The molecule has 6 rings (SSSR count). The number of tetrazole rings is 1. The van der Waals surface area contributed by atoms with Gasteiger partial charge in [-0.05, 0) is 76.7 Å². The summed E-state index contributed by atoms with van der Waals surface area (Å²) < 4.78 is 36.9. The summed E-state index contributed by atoms with van der Waals surface area (Å²) in [6, 6.07) is 21.1. The Hall–Kier alpha value is -4.87. The molecule has 5 aromatic rings. The van der Waals surface area contributed by atoms with E-state index >= 15 is 0 Å². The highest BCUT2D eigenvalue weighted by Gasteiger charge is 2.35. The van der Waals surface area contributed by atoms with Crippen molar-refractivity contribution in [2.24, 2.45) is 12.0 Å². The number of benzene rings is 3. The van der Waals surface area contributed by atoms with Gasteiger partial charge in [-0.2, -0.15) is 0 Å². The molecule has 2 N–H and O–H groups in total. The number of imidazole rings is 1. The Morgan fingerprint density at radius 3 is 2.48 bits per heavy atom. The number of hydrogen-bond donors (Lipinski definition) is 2. The van der Waals surface area contributed by atoms with Crippen molar-refractivity contribution in [3.05, 3.63) is 89.0 Å². The number of amides is 1. The van der Waals surface area contributed by atoms with Gasteiger partial charge in [0.15, 0.2) is 0 Å². The molecule has 0 aliphatic heterocycles. The third-order valence-electron chi connectivity index (χ3n) is 7.82. The number of ether oxygens (including phenoxy) is 1. The minimum Gasteiger partial charge on any atom is -0.497 e. The predicted octanol–water partition coefficient (Wildman–Crippen LogP) is 5.33. The van der Waals surface area contributed by atoms with E-state index in [1.165, 1.54) is 0 Å². The molecule has 0 radical (unpaired) electrons. The van der Waals surface area contributed by atoms with Crippen LogP contribution in [0.25, 0.3) is 11.0 Å². The second-order valence-electron chi connectivity index (χ2n) is 10.5. The molecule has 2 heterocycles. The topological polar surface area (TPSA) is 115 Å². The van der Waals surface area contributed by atoms with E-state index in [1.807, 2.05) is 66.2 Å². The molecule has 1 amide bonds. The van der Waals surface area contributed by atoms with E-state index in [0.717, 1.165) is 39.2 Å². The maximum Gasteiger partial charge on any atom is 0.258 e. The van der Waals surface area contributed by atoms with Crippen LogP contribution in [0.3, 0.4) is 0 Å². The summed E-state index contributed by atoms with van der Waals surface area (Å²) in [4.78, 5) is 17.5. The van der Waals surface area contributed by atoms with E-state index in [4.69, 9.17) is 9.73 Å². The molecular formula is C30H30F2N8O2. The zero-order valence-electron chi connectivity index (χ0n) is 23.2. The van der Waals surface area contributed by atoms with Gasteiger partial charge in [0.2, 0.25) is 17.5 Å².